The third-order valence-corrected chi connectivity index (χ3v) is 9.06. The lowest BCUT2D eigenvalue weighted by Crippen LogP contribution is -2.51. The van der Waals surface area contributed by atoms with Gasteiger partial charge in [0.1, 0.15) is 39.1 Å². The number of amides is 4. The molecule has 2 aliphatic rings. The number of carbonyl (C=O) groups excluding carboxylic acids is 6. The number of nitrogens with one attached hydrogen (secondary N) is 4. The number of carbonyl (C=O) groups is 6. The molecule has 16 nitrogen and oxygen atoms in total. The maximum atomic E-state index is 12.9. The smallest absolute Gasteiger partial charge is 0.407 e. The fraction of sp³-hybridized carbons (Fsp3) is 0.730. The third kappa shape index (κ3) is 17.7. The Morgan fingerprint density at radius 2 is 1.00 bits per heavy atom. The van der Waals surface area contributed by atoms with Crippen LogP contribution in [-0.2, 0) is 38.0 Å². The Labute approximate surface area is 312 Å². The van der Waals surface area contributed by atoms with E-state index in [-0.39, 0.29) is 66.8 Å². The zero-order valence-electron chi connectivity index (χ0n) is 32.4. The molecule has 0 aromatic carbocycles. The fourth-order valence-corrected chi connectivity index (χ4v) is 7.90. The van der Waals surface area contributed by atoms with Gasteiger partial charge in [0.2, 0.25) is 0 Å². The molecule has 0 aromatic heterocycles. The van der Waals surface area contributed by atoms with Crippen molar-refractivity contribution >= 4 is 36.3 Å². The van der Waals surface area contributed by atoms with Crippen molar-refractivity contribution in [3.63, 3.8) is 0 Å². The lowest BCUT2D eigenvalue weighted by molar-refractivity contribution is -0.139. The van der Waals surface area contributed by atoms with Crippen LogP contribution in [0.15, 0.2) is 25.3 Å². The van der Waals surface area contributed by atoms with Gasteiger partial charge in [-0.25, -0.2) is 28.8 Å². The van der Waals surface area contributed by atoms with Crippen LogP contribution in [-0.4, -0.2) is 101 Å². The van der Waals surface area contributed by atoms with Gasteiger partial charge >= 0.3 is 36.3 Å². The van der Waals surface area contributed by atoms with Gasteiger partial charge in [-0.2, -0.15) is 0 Å². The van der Waals surface area contributed by atoms with Gasteiger partial charge in [0, 0.05) is 37.3 Å². The van der Waals surface area contributed by atoms with Gasteiger partial charge in [0.05, 0.1) is 0 Å². The van der Waals surface area contributed by atoms with E-state index in [1.165, 1.54) is 0 Å². The molecule has 2 fully saturated rings. The SMILES string of the molecule is C=CC(=O)OCCOC(=O)NCC1(C)CC(NC(=O)OCC(C)OC(=O)NC2CC(C)(C)CC(C)(CNC(=O)OCCOC(=O)C=C)C2)CC(C)(C)C1. The summed E-state index contributed by atoms with van der Waals surface area (Å²) >= 11 is 0. The average Bonchev–Trinajstić information content (AvgIpc) is 3.03. The van der Waals surface area contributed by atoms with E-state index in [0.29, 0.717) is 38.8 Å². The van der Waals surface area contributed by atoms with Crippen LogP contribution >= 0.6 is 0 Å². The second-order valence-corrected chi connectivity index (χ2v) is 16.3. The minimum atomic E-state index is -0.727. The highest BCUT2D eigenvalue weighted by Crippen LogP contribution is 2.47. The van der Waals surface area contributed by atoms with Gasteiger partial charge < -0.3 is 49.7 Å². The Hall–Kier alpha value is -4.50. The predicted octanol–water partition coefficient (Wildman–Crippen LogP) is 4.91. The van der Waals surface area contributed by atoms with Crippen LogP contribution in [0.25, 0.3) is 0 Å². The summed E-state index contributed by atoms with van der Waals surface area (Å²) in [5, 5.41) is 11.4. The Balaban J connectivity index is 1.78. The fourth-order valence-electron chi connectivity index (χ4n) is 7.90. The molecular formula is C37H60N4O12. The summed E-state index contributed by atoms with van der Waals surface area (Å²) in [7, 11) is 0. The summed E-state index contributed by atoms with van der Waals surface area (Å²) < 4.78 is 30.7. The van der Waals surface area contributed by atoms with Crippen LogP contribution in [0.4, 0.5) is 19.2 Å². The molecule has 16 heteroatoms. The largest absolute Gasteiger partial charge is 0.459 e. The van der Waals surface area contributed by atoms with E-state index < -0.39 is 42.4 Å². The zero-order valence-corrected chi connectivity index (χ0v) is 32.4. The molecule has 2 saturated carbocycles. The summed E-state index contributed by atoms with van der Waals surface area (Å²) in [6, 6.07) is -0.458. The molecule has 0 bridgehead atoms. The number of hydrogen-bond donors (Lipinski definition) is 4. The summed E-state index contributed by atoms with van der Waals surface area (Å²) in [4.78, 5) is 72.3. The standard InChI is InChI=1S/C37H60N4O12/c1-10-28(42)48-12-14-50-30(44)38-23-36(8)18-26(16-34(4,5)21-36)40-32(46)52-20-25(3)53-33(47)41-27-17-35(6,7)22-37(9,19-27)24-39-31(45)51-15-13-49-29(43)11-2/h10-11,25-27H,1-2,12-24H2,3-9H3,(H,38,44)(H,39,45)(H,40,46)(H,41,47). The third-order valence-electron chi connectivity index (χ3n) is 9.06. The molecule has 2 aliphatic carbocycles. The number of hydrogen-bond acceptors (Lipinski definition) is 12. The van der Waals surface area contributed by atoms with Crippen molar-refractivity contribution in [3.05, 3.63) is 25.3 Å². The highest BCUT2D eigenvalue weighted by Gasteiger charge is 2.43. The number of alkyl carbamates (subject to hydrolysis) is 4. The van der Waals surface area contributed by atoms with Crippen molar-refractivity contribution < 1.29 is 57.2 Å². The highest BCUT2D eigenvalue weighted by atomic mass is 16.6. The van der Waals surface area contributed by atoms with Gasteiger partial charge in [-0.3, -0.25) is 0 Å². The van der Waals surface area contributed by atoms with E-state index in [1.54, 1.807) is 6.92 Å². The van der Waals surface area contributed by atoms with Crippen molar-refractivity contribution in [1.82, 2.24) is 21.3 Å². The first-order valence-electron chi connectivity index (χ1n) is 18.0. The normalized spacial score (nSPS) is 24.8. The molecule has 2 rings (SSSR count). The minimum absolute atomic E-state index is 0.0794. The second kappa shape index (κ2) is 20.1. The van der Waals surface area contributed by atoms with Gasteiger partial charge in [-0.15, -0.1) is 0 Å². The van der Waals surface area contributed by atoms with Crippen LogP contribution in [0.3, 0.4) is 0 Å². The second-order valence-electron chi connectivity index (χ2n) is 16.3. The molecule has 0 aromatic rings. The van der Waals surface area contributed by atoms with Gasteiger partial charge in [0.15, 0.2) is 0 Å². The molecule has 53 heavy (non-hydrogen) atoms. The Bertz CT molecular complexity index is 1320. The van der Waals surface area contributed by atoms with E-state index in [2.05, 4.69) is 62.1 Å². The number of rotatable bonds is 17. The van der Waals surface area contributed by atoms with Crippen molar-refractivity contribution in [3.8, 4) is 0 Å². The maximum absolute atomic E-state index is 12.9. The predicted molar refractivity (Wildman–Crippen MR) is 194 cm³/mol. The monoisotopic (exact) mass is 752 g/mol. The molecule has 5 atom stereocenters. The summed E-state index contributed by atoms with van der Waals surface area (Å²) in [6.07, 6.45) is 2.93. The van der Waals surface area contributed by atoms with Crippen LogP contribution in [0.1, 0.15) is 87.0 Å². The van der Waals surface area contributed by atoms with E-state index in [0.717, 1.165) is 25.0 Å². The zero-order chi connectivity index (χ0) is 39.9. The van der Waals surface area contributed by atoms with Crippen LogP contribution in [0, 0.1) is 21.7 Å². The topological polar surface area (TPSA) is 206 Å². The lowest BCUT2D eigenvalue weighted by atomic mass is 9.62. The van der Waals surface area contributed by atoms with E-state index in [9.17, 15) is 28.8 Å². The molecule has 4 N–H and O–H groups in total. The molecule has 0 radical (unpaired) electrons. The lowest BCUT2D eigenvalue weighted by Gasteiger charge is -2.46. The van der Waals surface area contributed by atoms with Gasteiger partial charge in [0.25, 0.3) is 0 Å². The number of ether oxygens (including phenoxy) is 6. The molecule has 0 saturated heterocycles. The quantitative estimate of drug-likeness (QED) is 0.0677. The van der Waals surface area contributed by atoms with Crippen molar-refractivity contribution in [2.24, 2.45) is 21.7 Å². The van der Waals surface area contributed by atoms with E-state index >= 15 is 0 Å². The van der Waals surface area contributed by atoms with E-state index in [4.69, 9.17) is 28.4 Å². The Morgan fingerprint density at radius 3 is 1.42 bits per heavy atom. The molecule has 0 heterocycles. The average molecular weight is 753 g/mol. The maximum Gasteiger partial charge on any atom is 0.407 e. The first-order chi connectivity index (χ1) is 24.7. The molecule has 4 amide bonds. The van der Waals surface area contributed by atoms with Crippen LogP contribution < -0.4 is 21.3 Å². The summed E-state index contributed by atoms with van der Waals surface area (Å²) in [5.74, 6) is -1.20. The van der Waals surface area contributed by atoms with Crippen molar-refractivity contribution in [1.29, 1.82) is 0 Å². The van der Waals surface area contributed by atoms with Gasteiger partial charge in [-0.1, -0.05) is 54.7 Å². The molecule has 300 valence electrons. The molecule has 0 spiro atoms. The molecule has 5 unspecified atom stereocenters. The van der Waals surface area contributed by atoms with Crippen molar-refractivity contribution in [2.75, 3.05) is 46.1 Å². The summed E-state index contributed by atoms with van der Waals surface area (Å²) in [6.45, 7) is 20.8. The Morgan fingerprint density at radius 1 is 0.604 bits per heavy atom. The highest BCUT2D eigenvalue weighted by molar-refractivity contribution is 5.81. The molecule has 0 aliphatic heterocycles. The van der Waals surface area contributed by atoms with Gasteiger partial charge in [-0.05, 0) is 67.1 Å². The van der Waals surface area contributed by atoms with Crippen molar-refractivity contribution in [2.45, 2.75) is 105 Å². The summed E-state index contributed by atoms with van der Waals surface area (Å²) in [5.41, 5.74) is -0.993. The van der Waals surface area contributed by atoms with Crippen LogP contribution in [0.5, 0.6) is 0 Å². The minimum Gasteiger partial charge on any atom is -0.459 e. The first-order valence-corrected chi connectivity index (χ1v) is 18.0. The van der Waals surface area contributed by atoms with E-state index in [1.807, 2.05) is 13.8 Å². The Kier molecular flexibility index (Phi) is 16.9. The van der Waals surface area contributed by atoms with Crippen LogP contribution in [0.2, 0.25) is 0 Å². The number of esters is 2. The first kappa shape index (κ1) is 44.7. The molecular weight excluding hydrogens is 692 g/mol.